The molecule has 2 heterocycles. The monoisotopic (exact) mass is 864 g/mol. The van der Waals surface area contributed by atoms with Crippen molar-refractivity contribution in [2.24, 2.45) is 0 Å². The van der Waals surface area contributed by atoms with Gasteiger partial charge >= 0.3 is 0 Å². The highest BCUT2D eigenvalue weighted by Crippen LogP contribution is 2.48. The Hall–Kier alpha value is -6.87. The van der Waals surface area contributed by atoms with Crippen molar-refractivity contribution in [2.75, 3.05) is 9.80 Å². The van der Waals surface area contributed by atoms with Crippen molar-refractivity contribution in [3.05, 3.63) is 181 Å². The number of benzene rings is 9. The zero-order valence-electron chi connectivity index (χ0n) is 37.9. The second-order valence-electron chi connectivity index (χ2n) is 19.6. The fourth-order valence-corrected chi connectivity index (χ4v) is 11.9. The molecule has 0 unspecified atom stereocenters. The van der Waals surface area contributed by atoms with E-state index in [9.17, 15) is 0 Å². The van der Waals surface area contributed by atoms with E-state index in [0.717, 1.165) is 94.2 Å². The third kappa shape index (κ3) is 6.71. The van der Waals surface area contributed by atoms with Gasteiger partial charge < -0.3 is 18.6 Å². The maximum Gasteiger partial charge on any atom is 0.139 e. The molecule has 4 nitrogen and oxygen atoms in total. The molecule has 0 saturated carbocycles. The van der Waals surface area contributed by atoms with Gasteiger partial charge in [-0.3, -0.25) is 0 Å². The second-order valence-corrected chi connectivity index (χ2v) is 29.8. The molecule has 0 saturated heterocycles. The molecule has 0 atom stereocenters. The Bertz CT molecular complexity index is 3470. The highest BCUT2D eigenvalue weighted by atomic mass is 28.3. The molecule has 0 aliphatic rings. The third-order valence-electron chi connectivity index (χ3n) is 13.1. The van der Waals surface area contributed by atoms with Gasteiger partial charge in [0.1, 0.15) is 22.3 Å². The van der Waals surface area contributed by atoms with Crippen LogP contribution < -0.4 is 20.2 Å². The van der Waals surface area contributed by atoms with Crippen LogP contribution in [0.15, 0.2) is 179 Å². The van der Waals surface area contributed by atoms with Gasteiger partial charge in [-0.05, 0) is 79.2 Å². The molecule has 2 aromatic heterocycles. The molecule has 64 heavy (non-hydrogen) atoms. The van der Waals surface area contributed by atoms with Crippen LogP contribution in [0.25, 0.3) is 65.4 Å². The first-order valence-electron chi connectivity index (χ1n) is 22.4. The molecule has 0 spiro atoms. The average Bonchev–Trinajstić information content (AvgIpc) is 3.83. The highest BCUT2D eigenvalue weighted by molar-refractivity contribution is 6.89. The van der Waals surface area contributed by atoms with Gasteiger partial charge in [0, 0.05) is 73.3 Å². The molecule has 0 aliphatic carbocycles. The zero-order valence-corrected chi connectivity index (χ0v) is 39.9. The first-order valence-corrected chi connectivity index (χ1v) is 29.4. The Balaban J connectivity index is 1.13. The molecule has 314 valence electrons. The fourth-order valence-electron chi connectivity index (χ4n) is 9.57. The van der Waals surface area contributed by atoms with Crippen molar-refractivity contribution in [3.63, 3.8) is 0 Å². The van der Waals surface area contributed by atoms with Crippen molar-refractivity contribution in [1.82, 2.24) is 0 Å². The topological polar surface area (TPSA) is 32.8 Å². The lowest BCUT2D eigenvalue weighted by Gasteiger charge is -2.28. The normalized spacial score (nSPS) is 12.4. The maximum atomic E-state index is 6.96. The van der Waals surface area contributed by atoms with E-state index in [2.05, 4.69) is 233 Å². The van der Waals surface area contributed by atoms with Crippen molar-refractivity contribution >= 4 is 126 Å². The van der Waals surface area contributed by atoms with Gasteiger partial charge in [-0.15, -0.1) is 0 Å². The van der Waals surface area contributed by atoms with E-state index in [1.807, 2.05) is 0 Å². The van der Waals surface area contributed by atoms with E-state index >= 15 is 0 Å². The summed E-state index contributed by atoms with van der Waals surface area (Å²) in [5.41, 5.74) is 12.3. The van der Waals surface area contributed by atoms with Crippen LogP contribution in [0.5, 0.6) is 0 Å². The lowest BCUT2D eigenvalue weighted by atomic mass is 9.98. The molecule has 0 amide bonds. The second kappa shape index (κ2) is 14.9. The summed E-state index contributed by atoms with van der Waals surface area (Å²) in [4.78, 5) is 4.76. The molecule has 0 N–H and O–H groups in total. The molecular formula is C58H52N2O2Si2. The predicted octanol–water partition coefficient (Wildman–Crippen LogP) is 16.4. The number of fused-ring (bicyclic) bond motifs is 10. The summed E-state index contributed by atoms with van der Waals surface area (Å²) in [6, 6.07) is 62.5. The largest absolute Gasteiger partial charge is 0.456 e. The van der Waals surface area contributed by atoms with Gasteiger partial charge in [-0.25, -0.2) is 0 Å². The van der Waals surface area contributed by atoms with Gasteiger partial charge in [0.2, 0.25) is 0 Å². The van der Waals surface area contributed by atoms with Gasteiger partial charge in [0.05, 0.1) is 27.5 Å². The molecular weight excluding hydrogens is 813 g/mol. The molecule has 9 aromatic carbocycles. The highest BCUT2D eigenvalue weighted by Gasteiger charge is 2.25. The van der Waals surface area contributed by atoms with E-state index in [0.29, 0.717) is 0 Å². The standard InChI is InChI=1S/C58H52N2O2Si2/c1-37-17-21-39(22-18-37)59(40-23-19-38(2)20-24-40)51-34-55-57(47-15-11-9-13-45(47)51)49-33-50-54(36-53(49)61-55)62-56-35-52(46-14-10-12-16-48(46)58(50)56)60(41-25-29-43(30-26-41)63(3,4)5)42-27-31-44(32-28-42)64(6,7)8/h9-36H,1-8H3. The first kappa shape index (κ1) is 39.9. The number of aryl methyl sites for hydroxylation is 2. The quantitative estimate of drug-likeness (QED) is 0.143. The van der Waals surface area contributed by atoms with Crippen molar-refractivity contribution < 1.29 is 8.83 Å². The van der Waals surface area contributed by atoms with E-state index in [1.165, 1.54) is 26.9 Å². The molecule has 11 aromatic rings. The molecule has 0 radical (unpaired) electrons. The summed E-state index contributed by atoms with van der Waals surface area (Å²) in [5.74, 6) is 0. The molecule has 6 heteroatoms. The predicted molar refractivity (Wildman–Crippen MR) is 281 cm³/mol. The van der Waals surface area contributed by atoms with Crippen LogP contribution in [0.4, 0.5) is 34.1 Å². The van der Waals surface area contributed by atoms with Gasteiger partial charge in [-0.2, -0.15) is 0 Å². The summed E-state index contributed by atoms with van der Waals surface area (Å²) >= 11 is 0. The van der Waals surface area contributed by atoms with Gasteiger partial charge in [0.25, 0.3) is 0 Å². The number of nitrogens with zero attached hydrogens (tertiary/aromatic N) is 2. The number of furan rings is 2. The van der Waals surface area contributed by atoms with E-state index in [-0.39, 0.29) is 0 Å². The van der Waals surface area contributed by atoms with Gasteiger partial charge in [-0.1, -0.05) is 158 Å². The minimum atomic E-state index is -1.50. The summed E-state index contributed by atoms with van der Waals surface area (Å²) in [6.07, 6.45) is 0. The molecule has 0 aliphatic heterocycles. The first-order chi connectivity index (χ1) is 30.8. The van der Waals surface area contributed by atoms with Crippen LogP contribution in [0, 0.1) is 13.8 Å². The van der Waals surface area contributed by atoms with Crippen molar-refractivity contribution in [1.29, 1.82) is 0 Å². The minimum Gasteiger partial charge on any atom is -0.456 e. The third-order valence-corrected chi connectivity index (χ3v) is 17.2. The lowest BCUT2D eigenvalue weighted by molar-refractivity contribution is 0.656. The Kier molecular flexibility index (Phi) is 9.28. The summed E-state index contributed by atoms with van der Waals surface area (Å²) < 4.78 is 13.9. The minimum absolute atomic E-state index is 0.803. The zero-order chi connectivity index (χ0) is 44.1. The number of anilines is 6. The van der Waals surface area contributed by atoms with Crippen molar-refractivity contribution in [3.8, 4) is 0 Å². The van der Waals surface area contributed by atoms with Crippen LogP contribution in [0.1, 0.15) is 11.1 Å². The average molecular weight is 865 g/mol. The van der Waals surface area contributed by atoms with Crippen LogP contribution in [-0.4, -0.2) is 16.1 Å². The van der Waals surface area contributed by atoms with Crippen LogP contribution in [0.2, 0.25) is 39.3 Å². The van der Waals surface area contributed by atoms with Crippen LogP contribution in [0.3, 0.4) is 0 Å². The molecule has 0 bridgehead atoms. The summed E-state index contributed by atoms with van der Waals surface area (Å²) in [5, 5.41) is 11.9. The van der Waals surface area contributed by atoms with E-state index in [1.54, 1.807) is 0 Å². The smallest absolute Gasteiger partial charge is 0.139 e. The lowest BCUT2D eigenvalue weighted by Crippen LogP contribution is -2.37. The van der Waals surface area contributed by atoms with Crippen LogP contribution >= 0.6 is 0 Å². The molecule has 11 rings (SSSR count). The summed E-state index contributed by atoms with van der Waals surface area (Å²) in [7, 11) is -3.01. The van der Waals surface area contributed by atoms with Crippen LogP contribution in [-0.2, 0) is 0 Å². The number of rotatable bonds is 8. The Morgan fingerprint density at radius 2 is 0.656 bits per heavy atom. The Labute approximate surface area is 377 Å². The Morgan fingerprint density at radius 3 is 1.00 bits per heavy atom. The van der Waals surface area contributed by atoms with Gasteiger partial charge in [0.15, 0.2) is 0 Å². The SMILES string of the molecule is Cc1ccc(N(c2ccc(C)cc2)c2cc3oc4cc5oc6cc(N(c7ccc([Si](C)(C)C)cc7)c7ccc([Si](C)(C)C)cc7)c7ccccc7c6c5cc4c3c3ccccc23)cc1. The van der Waals surface area contributed by atoms with E-state index < -0.39 is 16.1 Å². The van der Waals surface area contributed by atoms with E-state index in [4.69, 9.17) is 8.83 Å². The van der Waals surface area contributed by atoms with Crippen molar-refractivity contribution in [2.45, 2.75) is 53.1 Å². The maximum absolute atomic E-state index is 6.96. The number of hydrogen-bond donors (Lipinski definition) is 0. The fraction of sp³-hybridized carbons (Fsp3) is 0.138. The number of hydrogen-bond acceptors (Lipinski definition) is 4. The summed E-state index contributed by atoms with van der Waals surface area (Å²) in [6.45, 7) is 18.7. The Morgan fingerprint density at radius 1 is 0.328 bits per heavy atom. The molecule has 0 fully saturated rings.